The molecule has 0 saturated heterocycles. The van der Waals surface area contributed by atoms with E-state index in [-0.39, 0.29) is 24.8 Å². The van der Waals surface area contributed by atoms with Gasteiger partial charge in [-0.2, -0.15) is 0 Å². The van der Waals surface area contributed by atoms with Crippen molar-refractivity contribution in [2.75, 3.05) is 0 Å². The smallest absolute Gasteiger partial charge is 0.147 e. The molecule has 6 heavy (non-hydrogen) atoms. The zero-order chi connectivity index (χ0) is 3.41. The van der Waals surface area contributed by atoms with Crippen molar-refractivity contribution >= 4 is 43.4 Å². The summed E-state index contributed by atoms with van der Waals surface area (Å²) in [5.74, 6) is 0. The van der Waals surface area contributed by atoms with E-state index in [1.807, 2.05) is 0 Å². The van der Waals surface area contributed by atoms with Crippen molar-refractivity contribution in [1.82, 2.24) is 0 Å². The van der Waals surface area contributed by atoms with Gasteiger partial charge in [0.1, 0.15) is 0 Å². The van der Waals surface area contributed by atoms with Crippen molar-refractivity contribution in [1.29, 1.82) is 0 Å². The van der Waals surface area contributed by atoms with Gasteiger partial charge in [0, 0.05) is 0 Å². The maximum atomic E-state index is 2.23. The second-order valence-corrected chi connectivity index (χ2v) is 3.10. The SMILES string of the molecule is CC[CH2][GaH2].Cl.Cl. The first-order valence-corrected chi connectivity index (χ1v) is 4.88. The first-order chi connectivity index (χ1) is 1.91. The number of rotatable bonds is 1. The van der Waals surface area contributed by atoms with Crippen LogP contribution >= 0.6 is 24.8 Å². The van der Waals surface area contributed by atoms with Gasteiger partial charge in [-0.3, -0.25) is 0 Å². The molecule has 0 unspecified atom stereocenters. The average molecular weight is 188 g/mol. The van der Waals surface area contributed by atoms with Crippen LogP contribution < -0.4 is 0 Å². The first kappa shape index (κ1) is 15.7. The minimum atomic E-state index is 0. The Bertz CT molecular complexity index is 10.8. The van der Waals surface area contributed by atoms with E-state index in [0.717, 1.165) is 18.6 Å². The molecule has 0 aliphatic rings. The standard InChI is InChI=1S/C3H7.2ClH.Ga.2H/c1-3-2;;;;;/h1,3H2,2H3;2*1H;;;. The second kappa shape index (κ2) is 16.4. The largest absolute Gasteiger partial charge is 0.147 e. The quantitative estimate of drug-likeness (QED) is 0.543. The molecule has 0 N–H and O–H groups in total. The fourth-order valence-corrected chi connectivity index (χ4v) is 0. The van der Waals surface area contributed by atoms with Gasteiger partial charge in [0.15, 0.2) is 0 Å². The zero-order valence-corrected chi connectivity index (χ0v) is 10.1. The Morgan fingerprint density at radius 2 is 1.50 bits per heavy atom. The van der Waals surface area contributed by atoms with Crippen molar-refractivity contribution in [3.8, 4) is 0 Å². The molecule has 0 nitrogen and oxygen atoms in total. The summed E-state index contributed by atoms with van der Waals surface area (Å²) in [6, 6.07) is 0. The number of hydrogen-bond acceptors (Lipinski definition) is 0. The number of halogens is 2. The van der Waals surface area contributed by atoms with Crippen LogP contribution in [-0.4, -0.2) is 18.6 Å². The maximum Gasteiger partial charge on any atom is -0.147 e. The Labute approximate surface area is 61.8 Å². The van der Waals surface area contributed by atoms with Crippen LogP contribution in [-0.2, 0) is 0 Å². The third-order valence-electron chi connectivity index (χ3n) is 0.500. The zero-order valence-electron chi connectivity index (χ0n) is 4.23. The summed E-state index contributed by atoms with van der Waals surface area (Å²) in [4.78, 5) is 1.51. The molecule has 0 saturated carbocycles. The molecular formula is C3H11Cl2Ga. The summed E-state index contributed by atoms with van der Waals surface area (Å²) in [5.41, 5.74) is 0. The van der Waals surface area contributed by atoms with Crippen LogP contribution in [0.4, 0.5) is 0 Å². The maximum absolute atomic E-state index is 2.23. The Morgan fingerprint density at radius 3 is 1.50 bits per heavy atom. The van der Waals surface area contributed by atoms with Crippen LogP contribution in [0.25, 0.3) is 0 Å². The van der Waals surface area contributed by atoms with Crippen molar-refractivity contribution in [2.45, 2.75) is 18.3 Å². The predicted octanol–water partition coefficient (Wildman–Crippen LogP) is 1.29. The molecule has 3 heteroatoms. The van der Waals surface area contributed by atoms with Crippen LogP contribution in [0.3, 0.4) is 0 Å². The van der Waals surface area contributed by atoms with Gasteiger partial charge in [-0.15, -0.1) is 24.8 Å². The first-order valence-electron chi connectivity index (χ1n) is 1.91. The molecule has 0 heterocycles. The summed E-state index contributed by atoms with van der Waals surface area (Å²) < 4.78 is 0. The van der Waals surface area contributed by atoms with E-state index in [1.54, 1.807) is 0 Å². The summed E-state index contributed by atoms with van der Waals surface area (Å²) in [7, 11) is 0. The minimum Gasteiger partial charge on any atom is -0.147 e. The van der Waals surface area contributed by atoms with Crippen molar-refractivity contribution in [2.24, 2.45) is 0 Å². The molecule has 40 valence electrons. The van der Waals surface area contributed by atoms with E-state index in [0.29, 0.717) is 0 Å². The topological polar surface area (TPSA) is 0 Å². The van der Waals surface area contributed by atoms with Gasteiger partial charge < -0.3 is 0 Å². The molecule has 0 aromatic carbocycles. The van der Waals surface area contributed by atoms with E-state index < -0.39 is 0 Å². The van der Waals surface area contributed by atoms with E-state index in [9.17, 15) is 0 Å². The van der Waals surface area contributed by atoms with Gasteiger partial charge in [-0.05, 0) is 0 Å². The monoisotopic (exact) mass is 186 g/mol. The normalized spacial score (nSPS) is 4.83. The third-order valence-corrected chi connectivity index (χ3v) is 2.60. The molecule has 0 spiro atoms. The molecule has 0 fully saturated rings. The van der Waals surface area contributed by atoms with Gasteiger partial charge in [-0.1, -0.05) is 0 Å². The van der Waals surface area contributed by atoms with Gasteiger partial charge in [0.2, 0.25) is 0 Å². The molecule has 0 aliphatic heterocycles. The fraction of sp³-hybridized carbons (Fsp3) is 1.00. The Balaban J connectivity index is -0.0000000450. The second-order valence-electron chi connectivity index (χ2n) is 1.000. The minimum absolute atomic E-state index is 0. The third kappa shape index (κ3) is 18.9. The van der Waals surface area contributed by atoms with Gasteiger partial charge in [-0.25, -0.2) is 0 Å². The summed E-state index contributed by atoms with van der Waals surface area (Å²) >= 11 is 1.11. The van der Waals surface area contributed by atoms with Crippen LogP contribution in [0.5, 0.6) is 0 Å². The molecule has 0 radical (unpaired) electrons. The average Bonchev–Trinajstić information content (AvgIpc) is 1.37. The van der Waals surface area contributed by atoms with Crippen LogP contribution in [0, 0.1) is 0 Å². The van der Waals surface area contributed by atoms with Crippen molar-refractivity contribution in [3.05, 3.63) is 0 Å². The molecule has 0 bridgehead atoms. The Morgan fingerprint density at radius 1 is 1.33 bits per heavy atom. The van der Waals surface area contributed by atoms with Gasteiger partial charge in [0.25, 0.3) is 0 Å². The summed E-state index contributed by atoms with van der Waals surface area (Å²) in [6.07, 6.45) is 1.40. The predicted molar refractivity (Wildman–Crippen MR) is 38.1 cm³/mol. The van der Waals surface area contributed by atoms with Gasteiger partial charge in [0.05, 0.1) is 0 Å². The molecule has 0 aliphatic carbocycles. The molecular weight excluding hydrogens is 177 g/mol. The summed E-state index contributed by atoms with van der Waals surface area (Å²) in [6.45, 7) is 2.23. The molecule has 0 amide bonds. The van der Waals surface area contributed by atoms with E-state index in [4.69, 9.17) is 0 Å². The molecule has 0 atom stereocenters. The molecule has 0 aromatic heterocycles. The molecule has 0 aromatic rings. The summed E-state index contributed by atoms with van der Waals surface area (Å²) in [5, 5.41) is 0. The van der Waals surface area contributed by atoms with Gasteiger partial charge >= 0.3 is 36.9 Å². The fourth-order valence-electron chi connectivity index (χ4n) is 0. The van der Waals surface area contributed by atoms with Crippen LogP contribution in [0.1, 0.15) is 13.3 Å². The molecule has 0 rings (SSSR count). The van der Waals surface area contributed by atoms with E-state index >= 15 is 0 Å². The van der Waals surface area contributed by atoms with E-state index in [2.05, 4.69) is 6.92 Å². The number of hydrogen-bond donors (Lipinski definition) is 0. The Kier molecular flexibility index (Phi) is 42.7. The Hall–Kier alpha value is 1.22. The van der Waals surface area contributed by atoms with Crippen LogP contribution in [0.15, 0.2) is 0 Å². The van der Waals surface area contributed by atoms with E-state index in [1.165, 1.54) is 11.4 Å². The van der Waals surface area contributed by atoms with Crippen LogP contribution in [0.2, 0.25) is 4.98 Å². The van der Waals surface area contributed by atoms with Crippen molar-refractivity contribution in [3.63, 3.8) is 0 Å². The van der Waals surface area contributed by atoms with Crippen molar-refractivity contribution < 1.29 is 0 Å².